The second-order valence-electron chi connectivity index (χ2n) is 6.53. The fourth-order valence-corrected chi connectivity index (χ4v) is 3.64. The second kappa shape index (κ2) is 5.39. The summed E-state index contributed by atoms with van der Waals surface area (Å²) in [6.45, 7) is 7.25. The minimum Gasteiger partial charge on any atom is -0.311 e. The second-order valence-corrected chi connectivity index (χ2v) is 7.45. The third-order valence-corrected chi connectivity index (χ3v) is 5.35. The van der Waals surface area contributed by atoms with Crippen molar-refractivity contribution < 1.29 is 4.39 Å². The molecule has 1 N–H and O–H groups in total. The predicted molar refractivity (Wildman–Crippen MR) is 83.1 cm³/mol. The molecule has 20 heavy (non-hydrogen) atoms. The van der Waals surface area contributed by atoms with E-state index in [0.29, 0.717) is 12.6 Å². The summed E-state index contributed by atoms with van der Waals surface area (Å²) in [7, 11) is 0. The predicted octanol–water partition coefficient (Wildman–Crippen LogP) is 3.55. The van der Waals surface area contributed by atoms with Crippen molar-refractivity contribution in [1.29, 1.82) is 0 Å². The number of benzene rings is 1. The van der Waals surface area contributed by atoms with Crippen LogP contribution in [0.1, 0.15) is 32.3 Å². The zero-order chi connectivity index (χ0) is 14.3. The minimum atomic E-state index is -0.108. The van der Waals surface area contributed by atoms with Gasteiger partial charge in [-0.15, -0.1) is 0 Å². The molecule has 4 heteroatoms. The Morgan fingerprint density at radius 3 is 2.85 bits per heavy atom. The summed E-state index contributed by atoms with van der Waals surface area (Å²) in [5, 5.41) is 3.59. The van der Waals surface area contributed by atoms with Gasteiger partial charge in [0.1, 0.15) is 5.82 Å². The van der Waals surface area contributed by atoms with Gasteiger partial charge in [0.25, 0.3) is 0 Å². The van der Waals surface area contributed by atoms with Crippen LogP contribution in [0.3, 0.4) is 0 Å². The van der Waals surface area contributed by atoms with Gasteiger partial charge < -0.3 is 5.32 Å². The number of rotatable bonds is 3. The average Bonchev–Trinajstić information content (AvgIpc) is 3.22. The van der Waals surface area contributed by atoms with Crippen LogP contribution >= 0.6 is 15.9 Å². The topological polar surface area (TPSA) is 15.3 Å². The fourth-order valence-electron chi connectivity index (χ4n) is 3.30. The van der Waals surface area contributed by atoms with Crippen molar-refractivity contribution in [1.82, 2.24) is 10.2 Å². The van der Waals surface area contributed by atoms with Gasteiger partial charge >= 0.3 is 0 Å². The van der Waals surface area contributed by atoms with Gasteiger partial charge in [0.2, 0.25) is 0 Å². The van der Waals surface area contributed by atoms with Gasteiger partial charge in [-0.3, -0.25) is 4.90 Å². The molecule has 3 rings (SSSR count). The molecule has 1 saturated carbocycles. The Labute approximate surface area is 128 Å². The highest BCUT2D eigenvalue weighted by Crippen LogP contribution is 2.44. The Morgan fingerprint density at radius 1 is 1.45 bits per heavy atom. The molecule has 1 aliphatic carbocycles. The van der Waals surface area contributed by atoms with Crippen LogP contribution in [0.2, 0.25) is 0 Å². The lowest BCUT2D eigenvalue weighted by molar-refractivity contribution is 0.0303. The quantitative estimate of drug-likeness (QED) is 0.905. The van der Waals surface area contributed by atoms with E-state index >= 15 is 0 Å². The van der Waals surface area contributed by atoms with Crippen LogP contribution in [0.4, 0.5) is 4.39 Å². The number of hydrogen-bond donors (Lipinski definition) is 1. The summed E-state index contributed by atoms with van der Waals surface area (Å²) in [6, 6.07) is 5.87. The van der Waals surface area contributed by atoms with E-state index in [9.17, 15) is 4.39 Å². The monoisotopic (exact) mass is 340 g/mol. The van der Waals surface area contributed by atoms with Crippen molar-refractivity contribution in [2.45, 2.75) is 44.8 Å². The van der Waals surface area contributed by atoms with Gasteiger partial charge in [0, 0.05) is 41.3 Å². The number of hydrogen-bond acceptors (Lipinski definition) is 2. The van der Waals surface area contributed by atoms with E-state index in [0.717, 1.165) is 29.0 Å². The Hall–Kier alpha value is -0.450. The van der Waals surface area contributed by atoms with Crippen LogP contribution in [-0.2, 0) is 6.54 Å². The van der Waals surface area contributed by atoms with Gasteiger partial charge in [-0.1, -0.05) is 22.0 Å². The maximum absolute atomic E-state index is 14.1. The minimum absolute atomic E-state index is 0.108. The molecule has 1 saturated heterocycles. The van der Waals surface area contributed by atoms with Gasteiger partial charge in [-0.25, -0.2) is 4.39 Å². The molecule has 1 aromatic carbocycles. The summed E-state index contributed by atoms with van der Waals surface area (Å²) in [5.41, 5.74) is 0.973. The van der Waals surface area contributed by atoms with Crippen LogP contribution in [0.5, 0.6) is 0 Å². The van der Waals surface area contributed by atoms with Crippen LogP contribution in [0.15, 0.2) is 22.7 Å². The van der Waals surface area contributed by atoms with E-state index in [1.807, 2.05) is 12.1 Å². The van der Waals surface area contributed by atoms with Crippen LogP contribution in [0.25, 0.3) is 0 Å². The molecule has 2 atom stereocenters. The number of nitrogens with one attached hydrogen (secondary N) is 1. The molecule has 0 amide bonds. The highest BCUT2D eigenvalue weighted by Gasteiger charge is 2.47. The summed E-state index contributed by atoms with van der Waals surface area (Å²) in [4.78, 5) is 2.48. The Bertz CT molecular complexity index is 503. The maximum atomic E-state index is 14.1. The lowest BCUT2D eigenvalue weighted by Gasteiger charge is -2.48. The summed E-state index contributed by atoms with van der Waals surface area (Å²) in [5.74, 6) is 0.657. The molecule has 0 bridgehead atoms. The molecule has 1 aliphatic heterocycles. The van der Waals surface area contributed by atoms with E-state index in [4.69, 9.17) is 0 Å². The van der Waals surface area contributed by atoms with Crippen LogP contribution < -0.4 is 5.32 Å². The molecule has 2 aliphatic rings. The summed E-state index contributed by atoms with van der Waals surface area (Å²) in [6.07, 6.45) is 2.62. The average molecular weight is 341 g/mol. The zero-order valence-electron chi connectivity index (χ0n) is 12.1. The van der Waals surface area contributed by atoms with Crippen molar-refractivity contribution >= 4 is 15.9 Å². The number of halogens is 2. The van der Waals surface area contributed by atoms with Crippen molar-refractivity contribution in [2.75, 3.05) is 13.1 Å². The summed E-state index contributed by atoms with van der Waals surface area (Å²) >= 11 is 3.32. The fraction of sp³-hybridized carbons (Fsp3) is 0.625. The van der Waals surface area contributed by atoms with Gasteiger partial charge in [0.15, 0.2) is 0 Å². The van der Waals surface area contributed by atoms with Crippen molar-refractivity contribution in [3.63, 3.8) is 0 Å². The van der Waals surface area contributed by atoms with Crippen LogP contribution in [0, 0.1) is 11.7 Å². The third-order valence-electron chi connectivity index (χ3n) is 4.86. The highest BCUT2D eigenvalue weighted by atomic mass is 79.9. The first-order valence-corrected chi connectivity index (χ1v) is 8.21. The molecule has 0 radical (unpaired) electrons. The molecule has 1 heterocycles. The molecular formula is C16H22BrFN2. The normalized spacial score (nSPS) is 31.5. The third kappa shape index (κ3) is 2.78. The Balaban J connectivity index is 1.82. The Kier molecular flexibility index (Phi) is 3.91. The number of piperazine rings is 1. The first-order valence-electron chi connectivity index (χ1n) is 7.41. The smallest absolute Gasteiger partial charge is 0.128 e. The maximum Gasteiger partial charge on any atom is 0.128 e. The number of nitrogens with zero attached hydrogens (tertiary/aromatic N) is 1. The first kappa shape index (κ1) is 14.5. The van der Waals surface area contributed by atoms with Crippen molar-refractivity contribution in [3.05, 3.63) is 34.1 Å². The lowest BCUT2D eigenvalue weighted by atomic mass is 9.89. The first-order chi connectivity index (χ1) is 9.49. The summed E-state index contributed by atoms with van der Waals surface area (Å²) < 4.78 is 14.9. The van der Waals surface area contributed by atoms with Crippen molar-refractivity contribution in [2.24, 2.45) is 5.92 Å². The molecule has 1 aromatic rings. The molecule has 110 valence electrons. The van der Waals surface area contributed by atoms with Gasteiger partial charge in [-0.05, 0) is 44.7 Å². The van der Waals surface area contributed by atoms with Crippen LogP contribution in [-0.4, -0.2) is 29.6 Å². The molecule has 2 unspecified atom stereocenters. The zero-order valence-corrected chi connectivity index (χ0v) is 13.7. The van der Waals surface area contributed by atoms with Gasteiger partial charge in [-0.2, -0.15) is 0 Å². The SMILES string of the molecule is CC1CN(Cc2ccc(Br)cc2F)C(C)(C2CC2)CN1. The molecular weight excluding hydrogens is 319 g/mol. The van der Waals surface area contributed by atoms with E-state index in [-0.39, 0.29) is 11.4 Å². The lowest BCUT2D eigenvalue weighted by Crippen LogP contribution is -2.63. The molecule has 2 fully saturated rings. The Morgan fingerprint density at radius 2 is 2.20 bits per heavy atom. The van der Waals surface area contributed by atoms with Crippen molar-refractivity contribution in [3.8, 4) is 0 Å². The van der Waals surface area contributed by atoms with Gasteiger partial charge in [0.05, 0.1) is 0 Å². The standard InChI is InChI=1S/C16H22BrFN2/c1-11-8-20(16(2,10-19-11)13-4-5-13)9-12-3-6-14(17)7-15(12)18/h3,6-7,11,13,19H,4-5,8-10H2,1-2H3. The van der Waals surface area contributed by atoms with E-state index in [1.54, 1.807) is 6.07 Å². The van der Waals surface area contributed by atoms with E-state index in [1.165, 1.54) is 12.8 Å². The molecule has 2 nitrogen and oxygen atoms in total. The largest absolute Gasteiger partial charge is 0.311 e. The molecule has 0 spiro atoms. The van der Waals surface area contributed by atoms with E-state index in [2.05, 4.69) is 40.0 Å². The molecule has 0 aromatic heterocycles. The van der Waals surface area contributed by atoms with E-state index < -0.39 is 0 Å². The highest BCUT2D eigenvalue weighted by molar-refractivity contribution is 9.10.